The van der Waals surface area contributed by atoms with Crippen molar-refractivity contribution in [1.82, 2.24) is 4.90 Å². The van der Waals surface area contributed by atoms with E-state index in [0.717, 1.165) is 6.42 Å². The van der Waals surface area contributed by atoms with E-state index < -0.39 is 35.7 Å². The Hall–Kier alpha value is -1.23. The number of carbonyl (C=O) groups is 1. The molecule has 0 radical (unpaired) electrons. The maximum atomic E-state index is 12.6. The lowest BCUT2D eigenvalue weighted by Gasteiger charge is -2.48. The first kappa shape index (κ1) is 30.0. The molecule has 0 aromatic carbocycles. The minimum absolute atomic E-state index is 0.0119. The number of carbonyl (C=O) groups excluding carboxylic acids is 1. The van der Waals surface area contributed by atoms with Gasteiger partial charge in [0, 0.05) is 46.6 Å². The van der Waals surface area contributed by atoms with E-state index in [-0.39, 0.29) is 30.8 Å². The number of hydrogen-bond donors (Lipinski definition) is 1. The van der Waals surface area contributed by atoms with E-state index in [0.29, 0.717) is 17.8 Å². The third-order valence-electron chi connectivity index (χ3n) is 7.17. The van der Waals surface area contributed by atoms with Crippen molar-refractivity contribution in [2.45, 2.75) is 103 Å². The molecule has 1 saturated heterocycles. The van der Waals surface area contributed by atoms with E-state index in [1.54, 1.807) is 35.0 Å². The number of nitrogens with zero attached hydrogens (tertiary/aromatic N) is 1. The highest BCUT2D eigenvalue weighted by molar-refractivity contribution is 5.89. The Morgan fingerprint density at radius 3 is 2.37 bits per heavy atom. The molecule has 0 bridgehead atoms. The van der Waals surface area contributed by atoms with Crippen LogP contribution in [0, 0.1) is 11.8 Å². The fraction of sp³-hybridized carbons (Fsp3) is 0.885. The van der Waals surface area contributed by atoms with Crippen molar-refractivity contribution in [3.05, 3.63) is 11.3 Å². The molecule has 0 amide bonds. The number of esters is 1. The zero-order chi connectivity index (χ0) is 26.7. The first-order valence-corrected chi connectivity index (χ1v) is 12.5. The summed E-state index contributed by atoms with van der Waals surface area (Å²) in [4.78, 5) is 14.8. The number of aliphatic hydroxyl groups is 1. The molecule has 2 aliphatic heterocycles. The van der Waals surface area contributed by atoms with Crippen LogP contribution in [0.3, 0.4) is 0 Å². The zero-order valence-electron chi connectivity index (χ0n) is 23.4. The van der Waals surface area contributed by atoms with E-state index in [2.05, 4.69) is 4.90 Å². The third-order valence-corrected chi connectivity index (χ3v) is 7.17. The van der Waals surface area contributed by atoms with E-state index in [1.165, 1.54) is 0 Å². The lowest BCUT2D eigenvalue weighted by atomic mass is 9.80. The highest BCUT2D eigenvalue weighted by Crippen LogP contribution is 2.40. The molecule has 2 heterocycles. The van der Waals surface area contributed by atoms with Crippen LogP contribution in [0.5, 0.6) is 0 Å². The average molecular weight is 502 g/mol. The van der Waals surface area contributed by atoms with Gasteiger partial charge in [-0.25, -0.2) is 4.79 Å². The number of rotatable bonds is 11. The van der Waals surface area contributed by atoms with Gasteiger partial charge in [-0.1, -0.05) is 13.8 Å². The van der Waals surface area contributed by atoms with Gasteiger partial charge in [0.2, 0.25) is 5.79 Å². The molecule has 1 fully saturated rings. The second-order valence-electron chi connectivity index (χ2n) is 11.0. The predicted molar refractivity (Wildman–Crippen MR) is 131 cm³/mol. The molecule has 35 heavy (non-hydrogen) atoms. The maximum absolute atomic E-state index is 12.6. The fourth-order valence-corrected chi connectivity index (χ4v) is 5.24. The Morgan fingerprint density at radius 2 is 1.86 bits per heavy atom. The quantitative estimate of drug-likeness (QED) is 0.429. The van der Waals surface area contributed by atoms with Crippen LogP contribution in [0.15, 0.2) is 11.3 Å². The third kappa shape index (κ3) is 6.96. The van der Waals surface area contributed by atoms with Crippen LogP contribution < -0.4 is 0 Å². The van der Waals surface area contributed by atoms with E-state index in [9.17, 15) is 9.90 Å². The van der Waals surface area contributed by atoms with Crippen LogP contribution in [0.2, 0.25) is 0 Å². The molecule has 9 heteroatoms. The average Bonchev–Trinajstić information content (AvgIpc) is 2.78. The van der Waals surface area contributed by atoms with Gasteiger partial charge in [0.05, 0.1) is 23.4 Å². The van der Waals surface area contributed by atoms with Gasteiger partial charge in [0.25, 0.3) is 0 Å². The molecular formula is C26H47NO8. The zero-order valence-corrected chi connectivity index (χ0v) is 23.4. The summed E-state index contributed by atoms with van der Waals surface area (Å²) in [6.07, 6.45) is -0.318. The van der Waals surface area contributed by atoms with Crippen molar-refractivity contribution >= 4 is 5.97 Å². The molecule has 0 aromatic heterocycles. The van der Waals surface area contributed by atoms with Crippen LogP contribution in [-0.2, 0) is 33.2 Å². The molecule has 8 atom stereocenters. The van der Waals surface area contributed by atoms with Crippen LogP contribution in [0.25, 0.3) is 0 Å². The predicted octanol–water partition coefficient (Wildman–Crippen LogP) is 3.09. The summed E-state index contributed by atoms with van der Waals surface area (Å²) >= 11 is 0. The standard InChI is InChI=1S/C26H47NO8/c1-15(14-28)13-26(7,31-11)22(17(3)20-18(4)23(29)35-25(5,6)34-20)33-24-21(30-10)19(27(8)9)12-16(2)32-24/h15-17,19,21-22,24,28H,12-14H2,1-11H3/t15-,16-,17+,19?,21?,22-,24+,26-/m1/s1. The van der Waals surface area contributed by atoms with Gasteiger partial charge in [-0.2, -0.15) is 0 Å². The molecule has 0 saturated carbocycles. The number of cyclic esters (lactones) is 1. The molecule has 2 unspecified atom stereocenters. The molecule has 0 aromatic rings. The number of hydrogen-bond acceptors (Lipinski definition) is 9. The molecule has 1 N–H and O–H groups in total. The van der Waals surface area contributed by atoms with E-state index >= 15 is 0 Å². The van der Waals surface area contributed by atoms with E-state index in [4.69, 9.17) is 28.4 Å². The minimum atomic E-state index is -1.10. The maximum Gasteiger partial charge on any atom is 0.340 e. The summed E-state index contributed by atoms with van der Waals surface area (Å²) in [5.41, 5.74) is -0.439. The second kappa shape index (κ2) is 11.9. The van der Waals surface area contributed by atoms with Crippen molar-refractivity contribution in [3.8, 4) is 0 Å². The number of likely N-dealkylation sites (N-methyl/N-ethyl adjacent to an activating group) is 1. The number of methoxy groups -OCH3 is 2. The van der Waals surface area contributed by atoms with Crippen LogP contribution in [0.1, 0.15) is 61.3 Å². The lowest BCUT2D eigenvalue weighted by Crippen LogP contribution is -2.59. The summed E-state index contributed by atoms with van der Waals surface area (Å²) in [5, 5.41) is 9.80. The van der Waals surface area contributed by atoms with Gasteiger partial charge in [-0.05, 0) is 53.6 Å². The number of ether oxygens (including phenoxy) is 6. The fourth-order valence-electron chi connectivity index (χ4n) is 5.24. The van der Waals surface area contributed by atoms with Crippen molar-refractivity contribution < 1.29 is 38.3 Å². The van der Waals surface area contributed by atoms with Crippen LogP contribution >= 0.6 is 0 Å². The summed E-state index contributed by atoms with van der Waals surface area (Å²) in [5.74, 6) is -1.46. The molecule has 0 spiro atoms. The lowest BCUT2D eigenvalue weighted by molar-refractivity contribution is -0.302. The van der Waals surface area contributed by atoms with Crippen molar-refractivity contribution in [2.75, 3.05) is 34.9 Å². The van der Waals surface area contributed by atoms with E-state index in [1.807, 2.05) is 41.8 Å². The molecule has 2 rings (SSSR count). The molecule has 0 aliphatic carbocycles. The van der Waals surface area contributed by atoms with Gasteiger partial charge in [-0.15, -0.1) is 0 Å². The van der Waals surface area contributed by atoms with Crippen molar-refractivity contribution in [1.29, 1.82) is 0 Å². The Morgan fingerprint density at radius 1 is 1.23 bits per heavy atom. The first-order chi connectivity index (χ1) is 16.2. The normalized spacial score (nSPS) is 31.4. The van der Waals surface area contributed by atoms with Crippen molar-refractivity contribution in [2.24, 2.45) is 11.8 Å². The largest absolute Gasteiger partial charge is 0.456 e. The Kier molecular flexibility index (Phi) is 10.2. The Balaban J connectivity index is 2.53. The van der Waals surface area contributed by atoms with Crippen molar-refractivity contribution in [3.63, 3.8) is 0 Å². The molecule has 2 aliphatic rings. The first-order valence-electron chi connectivity index (χ1n) is 12.5. The summed E-state index contributed by atoms with van der Waals surface area (Å²) in [6, 6.07) is 0.0932. The van der Waals surface area contributed by atoms with Crippen LogP contribution in [-0.4, -0.2) is 92.9 Å². The molecular weight excluding hydrogens is 454 g/mol. The summed E-state index contributed by atoms with van der Waals surface area (Å²) in [6.45, 7) is 13.0. The summed E-state index contributed by atoms with van der Waals surface area (Å²) in [7, 11) is 7.33. The van der Waals surface area contributed by atoms with Gasteiger partial charge >= 0.3 is 5.97 Å². The summed E-state index contributed by atoms with van der Waals surface area (Å²) < 4.78 is 36.6. The SMILES string of the molecule is COC1C(N(C)C)C[C@@H](C)O[C@H]1O[C@H]([C@@H](C)C1=C(C)C(=O)OC(C)(C)O1)[C@@](C)(C[C@@H](C)CO)OC. The Labute approximate surface area is 211 Å². The highest BCUT2D eigenvalue weighted by Gasteiger charge is 2.49. The Bertz CT molecular complexity index is 754. The topological polar surface area (TPSA) is 95.9 Å². The van der Waals surface area contributed by atoms with Crippen LogP contribution in [0.4, 0.5) is 0 Å². The van der Waals surface area contributed by atoms with Gasteiger partial charge in [-0.3, -0.25) is 0 Å². The van der Waals surface area contributed by atoms with Gasteiger partial charge in [0.1, 0.15) is 11.9 Å². The monoisotopic (exact) mass is 501 g/mol. The van der Waals surface area contributed by atoms with Gasteiger partial charge in [0.15, 0.2) is 6.29 Å². The molecule has 204 valence electrons. The minimum Gasteiger partial charge on any atom is -0.456 e. The highest BCUT2D eigenvalue weighted by atomic mass is 16.7. The molecule has 9 nitrogen and oxygen atoms in total. The smallest absolute Gasteiger partial charge is 0.340 e. The number of aliphatic hydroxyl groups excluding tert-OH is 1. The van der Waals surface area contributed by atoms with Gasteiger partial charge < -0.3 is 38.4 Å². The second-order valence-corrected chi connectivity index (χ2v) is 11.0.